The molecule has 0 bridgehead atoms. The molecule has 1 aromatic rings. The van der Waals surface area contributed by atoms with Crippen LogP contribution in [0.25, 0.3) is 0 Å². The molecule has 0 N–H and O–H groups in total. The lowest BCUT2D eigenvalue weighted by Crippen LogP contribution is -2.23. The van der Waals surface area contributed by atoms with Gasteiger partial charge in [-0.1, -0.05) is 30.3 Å². The van der Waals surface area contributed by atoms with E-state index in [4.69, 9.17) is 4.74 Å². The molecule has 0 atom stereocenters. The van der Waals surface area contributed by atoms with Crippen molar-refractivity contribution in [1.82, 2.24) is 0 Å². The van der Waals surface area contributed by atoms with Crippen LogP contribution >= 0.6 is 0 Å². The Kier molecular flexibility index (Phi) is 5.79. The smallest absolute Gasteiger partial charge is 0.306 e. The number of carbonyl (C=O) groups excluding carboxylic acids is 2. The van der Waals surface area contributed by atoms with Crippen LogP contribution in [0.1, 0.15) is 24.8 Å². The molecule has 0 heterocycles. The number of esters is 1. The van der Waals surface area contributed by atoms with Crippen molar-refractivity contribution in [2.45, 2.75) is 25.7 Å². The molecule has 0 saturated heterocycles. The molecule has 1 rings (SSSR count). The minimum Gasteiger partial charge on any atom is -0.550 e. The average molecular weight is 235 g/mol. The van der Waals surface area contributed by atoms with Crippen molar-refractivity contribution >= 4 is 11.9 Å². The predicted molar refractivity (Wildman–Crippen MR) is 60.0 cm³/mol. The van der Waals surface area contributed by atoms with Gasteiger partial charge in [-0.05, 0) is 24.8 Å². The molecular weight excluding hydrogens is 220 g/mol. The fourth-order valence-electron chi connectivity index (χ4n) is 1.38. The van der Waals surface area contributed by atoms with Gasteiger partial charge in [-0.2, -0.15) is 0 Å². The van der Waals surface area contributed by atoms with E-state index in [1.54, 1.807) is 0 Å². The second-order valence-corrected chi connectivity index (χ2v) is 3.68. The van der Waals surface area contributed by atoms with E-state index in [0.29, 0.717) is 6.61 Å². The van der Waals surface area contributed by atoms with Gasteiger partial charge in [-0.25, -0.2) is 0 Å². The first-order valence-corrected chi connectivity index (χ1v) is 5.58. The number of carboxylic acid groups (broad SMARTS) is 1. The summed E-state index contributed by atoms with van der Waals surface area (Å²) < 4.78 is 4.88. The van der Waals surface area contributed by atoms with Crippen LogP contribution in [0.5, 0.6) is 0 Å². The Morgan fingerprint density at radius 3 is 2.47 bits per heavy atom. The van der Waals surface area contributed by atoms with E-state index in [9.17, 15) is 14.7 Å². The molecule has 92 valence electrons. The number of aryl methyl sites for hydroxylation is 1. The van der Waals surface area contributed by atoms with Crippen LogP contribution in [0.2, 0.25) is 0 Å². The number of aliphatic carboxylic acids is 1. The van der Waals surface area contributed by atoms with Gasteiger partial charge in [-0.15, -0.1) is 0 Å². The van der Waals surface area contributed by atoms with Crippen LogP contribution in [0, 0.1) is 0 Å². The summed E-state index contributed by atoms with van der Waals surface area (Å²) in [6, 6.07) is 9.89. The van der Waals surface area contributed by atoms with Crippen LogP contribution in [-0.2, 0) is 20.7 Å². The van der Waals surface area contributed by atoms with Gasteiger partial charge in [0.2, 0.25) is 0 Å². The zero-order valence-corrected chi connectivity index (χ0v) is 9.56. The van der Waals surface area contributed by atoms with Gasteiger partial charge in [0.15, 0.2) is 0 Å². The molecule has 0 saturated carbocycles. The third-order valence-electron chi connectivity index (χ3n) is 2.25. The Balaban J connectivity index is 2.08. The third kappa shape index (κ3) is 6.35. The number of carboxylic acids is 1. The van der Waals surface area contributed by atoms with E-state index in [-0.39, 0.29) is 12.8 Å². The zero-order valence-electron chi connectivity index (χ0n) is 9.56. The van der Waals surface area contributed by atoms with Crippen LogP contribution in [-0.4, -0.2) is 18.5 Å². The topological polar surface area (TPSA) is 66.4 Å². The molecule has 0 aliphatic carbocycles. The maximum absolute atomic E-state index is 11.0. The van der Waals surface area contributed by atoms with Gasteiger partial charge in [0, 0.05) is 5.97 Å². The molecule has 0 aromatic heterocycles. The number of hydrogen-bond donors (Lipinski definition) is 0. The van der Waals surface area contributed by atoms with E-state index >= 15 is 0 Å². The van der Waals surface area contributed by atoms with Gasteiger partial charge >= 0.3 is 5.97 Å². The van der Waals surface area contributed by atoms with Crippen LogP contribution in [0.4, 0.5) is 0 Å². The van der Waals surface area contributed by atoms with Gasteiger partial charge < -0.3 is 14.6 Å². The summed E-state index contributed by atoms with van der Waals surface area (Å²) in [6.45, 7) is 0.320. The lowest BCUT2D eigenvalue weighted by molar-refractivity contribution is -0.305. The number of ether oxygens (including phenoxy) is 1. The summed E-state index contributed by atoms with van der Waals surface area (Å²) in [5.41, 5.74) is 1.19. The summed E-state index contributed by atoms with van der Waals surface area (Å²) in [4.78, 5) is 21.1. The van der Waals surface area contributed by atoms with Crippen LogP contribution in [0.3, 0.4) is 0 Å². The Bertz CT molecular complexity index is 359. The van der Waals surface area contributed by atoms with Gasteiger partial charge in [0.1, 0.15) is 0 Å². The lowest BCUT2D eigenvalue weighted by atomic mass is 10.1. The number of benzene rings is 1. The summed E-state index contributed by atoms with van der Waals surface area (Å²) in [7, 11) is 0. The highest BCUT2D eigenvalue weighted by atomic mass is 16.5. The van der Waals surface area contributed by atoms with E-state index in [0.717, 1.165) is 12.8 Å². The Morgan fingerprint density at radius 1 is 1.12 bits per heavy atom. The zero-order chi connectivity index (χ0) is 12.5. The Labute approximate surface area is 100 Å². The SMILES string of the molecule is O=C([O-])CCC(=O)OCCCc1ccccc1. The molecular formula is C13H15O4-. The normalized spacial score (nSPS) is 9.88. The Morgan fingerprint density at radius 2 is 1.82 bits per heavy atom. The van der Waals surface area contributed by atoms with Crippen molar-refractivity contribution < 1.29 is 19.4 Å². The fraction of sp³-hybridized carbons (Fsp3) is 0.385. The van der Waals surface area contributed by atoms with Crippen molar-refractivity contribution in [1.29, 1.82) is 0 Å². The van der Waals surface area contributed by atoms with E-state index < -0.39 is 11.9 Å². The molecule has 0 aliphatic heterocycles. The van der Waals surface area contributed by atoms with Crippen LogP contribution < -0.4 is 5.11 Å². The molecule has 0 aliphatic rings. The second-order valence-electron chi connectivity index (χ2n) is 3.68. The Hall–Kier alpha value is -1.84. The highest BCUT2D eigenvalue weighted by molar-refractivity contribution is 5.75. The van der Waals surface area contributed by atoms with E-state index in [1.165, 1.54) is 5.56 Å². The number of rotatable bonds is 7. The highest BCUT2D eigenvalue weighted by Gasteiger charge is 2.02. The minimum atomic E-state index is -1.23. The molecule has 1 aromatic carbocycles. The summed E-state index contributed by atoms with van der Waals surface area (Å²) in [6.07, 6.45) is 1.18. The van der Waals surface area contributed by atoms with Crippen LogP contribution in [0.15, 0.2) is 30.3 Å². The van der Waals surface area contributed by atoms with E-state index in [1.807, 2.05) is 30.3 Å². The maximum atomic E-state index is 11.0. The molecule has 0 spiro atoms. The van der Waals surface area contributed by atoms with Crippen molar-refractivity contribution in [3.63, 3.8) is 0 Å². The summed E-state index contributed by atoms with van der Waals surface area (Å²) >= 11 is 0. The van der Waals surface area contributed by atoms with Crippen molar-refractivity contribution in [2.75, 3.05) is 6.61 Å². The molecule has 0 fully saturated rings. The maximum Gasteiger partial charge on any atom is 0.306 e. The summed E-state index contributed by atoms with van der Waals surface area (Å²) in [5, 5.41) is 10.1. The second kappa shape index (κ2) is 7.44. The monoisotopic (exact) mass is 235 g/mol. The molecule has 0 unspecified atom stereocenters. The van der Waals surface area contributed by atoms with E-state index in [2.05, 4.69) is 0 Å². The van der Waals surface area contributed by atoms with Crippen molar-refractivity contribution in [2.24, 2.45) is 0 Å². The molecule has 17 heavy (non-hydrogen) atoms. The summed E-state index contributed by atoms with van der Waals surface area (Å²) in [5.74, 6) is -1.71. The fourth-order valence-corrected chi connectivity index (χ4v) is 1.38. The van der Waals surface area contributed by atoms with Gasteiger partial charge in [0.25, 0.3) is 0 Å². The predicted octanol–water partition coefficient (Wildman–Crippen LogP) is 0.692. The first-order chi connectivity index (χ1) is 8.18. The number of carbonyl (C=O) groups is 2. The lowest BCUT2D eigenvalue weighted by Gasteiger charge is -2.05. The largest absolute Gasteiger partial charge is 0.550 e. The van der Waals surface area contributed by atoms with Gasteiger partial charge in [0.05, 0.1) is 13.0 Å². The first-order valence-electron chi connectivity index (χ1n) is 5.58. The standard InChI is InChI=1S/C13H16O4/c14-12(15)8-9-13(16)17-10-4-7-11-5-2-1-3-6-11/h1-3,5-6H,4,7-10H2,(H,14,15)/p-1. The van der Waals surface area contributed by atoms with Crippen molar-refractivity contribution in [3.05, 3.63) is 35.9 Å². The minimum absolute atomic E-state index is 0.117. The molecule has 4 nitrogen and oxygen atoms in total. The average Bonchev–Trinajstić information content (AvgIpc) is 2.33. The highest BCUT2D eigenvalue weighted by Crippen LogP contribution is 2.02. The molecule has 4 heteroatoms. The third-order valence-corrected chi connectivity index (χ3v) is 2.25. The number of hydrogen-bond acceptors (Lipinski definition) is 4. The quantitative estimate of drug-likeness (QED) is 0.515. The van der Waals surface area contributed by atoms with Gasteiger partial charge in [-0.3, -0.25) is 4.79 Å². The molecule has 0 radical (unpaired) electrons. The molecule has 0 amide bonds. The van der Waals surface area contributed by atoms with Crippen molar-refractivity contribution in [3.8, 4) is 0 Å². The first kappa shape index (κ1) is 13.2.